The molecule has 0 spiro atoms. The summed E-state index contributed by atoms with van der Waals surface area (Å²) in [6.45, 7) is 7.22. The van der Waals surface area contributed by atoms with Crippen molar-refractivity contribution in [2.75, 3.05) is 19.6 Å². The van der Waals surface area contributed by atoms with Crippen LogP contribution in [0.25, 0.3) is 0 Å². The number of rotatable bonds is 4. The lowest BCUT2D eigenvalue weighted by Gasteiger charge is -2.29. The SMILES string of the molecule is CCCC1CCN(CC2Cc3ccccc3CN2)C1. The third kappa shape index (κ3) is 3.18. The van der Waals surface area contributed by atoms with Crippen molar-refractivity contribution in [2.24, 2.45) is 5.92 Å². The van der Waals surface area contributed by atoms with E-state index < -0.39 is 0 Å². The normalized spacial score (nSPS) is 27.4. The molecule has 19 heavy (non-hydrogen) atoms. The van der Waals surface area contributed by atoms with Gasteiger partial charge >= 0.3 is 0 Å². The highest BCUT2D eigenvalue weighted by atomic mass is 15.2. The van der Waals surface area contributed by atoms with Gasteiger partial charge in [0.1, 0.15) is 0 Å². The summed E-state index contributed by atoms with van der Waals surface area (Å²) in [6, 6.07) is 9.53. The van der Waals surface area contributed by atoms with Gasteiger partial charge in [0, 0.05) is 25.7 Å². The van der Waals surface area contributed by atoms with E-state index in [0.29, 0.717) is 6.04 Å². The lowest BCUT2D eigenvalue weighted by atomic mass is 9.95. The molecule has 0 aromatic heterocycles. The van der Waals surface area contributed by atoms with E-state index in [1.54, 1.807) is 5.56 Å². The summed E-state index contributed by atoms with van der Waals surface area (Å²) in [5.74, 6) is 0.959. The Kier molecular flexibility index (Phi) is 4.19. The van der Waals surface area contributed by atoms with Crippen LogP contribution >= 0.6 is 0 Å². The molecule has 2 unspecified atom stereocenters. The average molecular weight is 258 g/mol. The molecule has 2 heteroatoms. The summed E-state index contributed by atoms with van der Waals surface area (Å²) in [6.07, 6.45) is 5.37. The molecule has 3 rings (SSSR count). The van der Waals surface area contributed by atoms with Gasteiger partial charge < -0.3 is 10.2 Å². The second-order valence-corrected chi connectivity index (χ2v) is 6.25. The van der Waals surface area contributed by atoms with Crippen molar-refractivity contribution in [1.29, 1.82) is 0 Å². The van der Waals surface area contributed by atoms with Gasteiger partial charge in [-0.15, -0.1) is 0 Å². The van der Waals surface area contributed by atoms with Gasteiger partial charge in [0.05, 0.1) is 0 Å². The number of hydrogen-bond donors (Lipinski definition) is 1. The van der Waals surface area contributed by atoms with Gasteiger partial charge in [-0.1, -0.05) is 37.6 Å². The van der Waals surface area contributed by atoms with Crippen LogP contribution in [0, 0.1) is 5.92 Å². The Bertz CT molecular complexity index is 415. The van der Waals surface area contributed by atoms with Crippen molar-refractivity contribution in [3.63, 3.8) is 0 Å². The van der Waals surface area contributed by atoms with Crippen molar-refractivity contribution in [3.8, 4) is 0 Å². The van der Waals surface area contributed by atoms with Crippen LogP contribution in [0.15, 0.2) is 24.3 Å². The predicted molar refractivity (Wildman–Crippen MR) is 80.2 cm³/mol. The van der Waals surface area contributed by atoms with E-state index in [4.69, 9.17) is 0 Å². The molecule has 0 aliphatic carbocycles. The number of benzene rings is 1. The van der Waals surface area contributed by atoms with Crippen LogP contribution in [-0.4, -0.2) is 30.6 Å². The first-order valence-electron chi connectivity index (χ1n) is 7.87. The summed E-state index contributed by atoms with van der Waals surface area (Å²) in [5, 5.41) is 3.71. The molecule has 1 aromatic carbocycles. The van der Waals surface area contributed by atoms with Gasteiger partial charge in [-0.25, -0.2) is 0 Å². The van der Waals surface area contributed by atoms with Crippen molar-refractivity contribution in [1.82, 2.24) is 10.2 Å². The first-order valence-corrected chi connectivity index (χ1v) is 7.87. The highest BCUT2D eigenvalue weighted by Gasteiger charge is 2.25. The maximum absolute atomic E-state index is 3.71. The summed E-state index contributed by atoms with van der Waals surface area (Å²) in [5.41, 5.74) is 3.04. The Morgan fingerprint density at radius 2 is 2.11 bits per heavy atom. The number of fused-ring (bicyclic) bond motifs is 1. The third-order valence-electron chi connectivity index (χ3n) is 4.71. The van der Waals surface area contributed by atoms with Gasteiger partial charge in [0.25, 0.3) is 0 Å². The molecular weight excluding hydrogens is 232 g/mol. The molecule has 2 atom stereocenters. The fourth-order valence-electron chi connectivity index (χ4n) is 3.68. The molecule has 1 saturated heterocycles. The molecule has 1 N–H and O–H groups in total. The fraction of sp³-hybridized carbons (Fsp3) is 0.647. The average Bonchev–Trinajstić information content (AvgIpc) is 2.86. The highest BCUT2D eigenvalue weighted by Crippen LogP contribution is 2.22. The highest BCUT2D eigenvalue weighted by molar-refractivity contribution is 5.29. The van der Waals surface area contributed by atoms with Crippen LogP contribution in [0.2, 0.25) is 0 Å². The number of nitrogens with one attached hydrogen (secondary N) is 1. The molecule has 2 aliphatic rings. The molecule has 2 heterocycles. The molecule has 0 amide bonds. The molecule has 1 aromatic rings. The molecule has 104 valence electrons. The Morgan fingerprint density at radius 1 is 1.26 bits per heavy atom. The van der Waals surface area contributed by atoms with Crippen molar-refractivity contribution < 1.29 is 0 Å². The van der Waals surface area contributed by atoms with Crippen LogP contribution in [-0.2, 0) is 13.0 Å². The van der Waals surface area contributed by atoms with Gasteiger partial charge in [0.2, 0.25) is 0 Å². The van der Waals surface area contributed by atoms with E-state index in [2.05, 4.69) is 41.4 Å². The quantitative estimate of drug-likeness (QED) is 0.893. The van der Waals surface area contributed by atoms with Crippen LogP contribution in [0.5, 0.6) is 0 Å². The molecule has 0 saturated carbocycles. The molecular formula is C17H26N2. The standard InChI is InChI=1S/C17H26N2/c1-2-5-14-8-9-19(12-14)13-17-10-15-6-3-4-7-16(15)11-18-17/h3-4,6-7,14,17-18H,2,5,8-13H2,1H3. The van der Waals surface area contributed by atoms with Crippen LogP contribution < -0.4 is 5.32 Å². The van der Waals surface area contributed by atoms with Crippen molar-refractivity contribution in [2.45, 2.75) is 45.2 Å². The van der Waals surface area contributed by atoms with Crippen molar-refractivity contribution >= 4 is 0 Å². The van der Waals surface area contributed by atoms with Crippen LogP contribution in [0.4, 0.5) is 0 Å². The van der Waals surface area contributed by atoms with E-state index >= 15 is 0 Å². The topological polar surface area (TPSA) is 15.3 Å². The number of nitrogens with zero attached hydrogens (tertiary/aromatic N) is 1. The van der Waals surface area contributed by atoms with E-state index in [-0.39, 0.29) is 0 Å². The molecule has 0 bridgehead atoms. The number of hydrogen-bond acceptors (Lipinski definition) is 2. The summed E-state index contributed by atoms with van der Waals surface area (Å²) in [7, 11) is 0. The molecule has 1 fully saturated rings. The lowest BCUT2D eigenvalue weighted by Crippen LogP contribution is -2.44. The van der Waals surface area contributed by atoms with Gasteiger partial charge in [0.15, 0.2) is 0 Å². The largest absolute Gasteiger partial charge is 0.308 e. The van der Waals surface area contributed by atoms with Crippen LogP contribution in [0.1, 0.15) is 37.3 Å². The van der Waals surface area contributed by atoms with Gasteiger partial charge in [-0.05, 0) is 42.9 Å². The Labute approximate surface area is 117 Å². The summed E-state index contributed by atoms with van der Waals surface area (Å²) in [4.78, 5) is 2.67. The molecule has 2 aliphatic heterocycles. The van der Waals surface area contributed by atoms with E-state index in [1.807, 2.05) is 0 Å². The monoisotopic (exact) mass is 258 g/mol. The Morgan fingerprint density at radius 3 is 2.95 bits per heavy atom. The minimum Gasteiger partial charge on any atom is -0.308 e. The van der Waals surface area contributed by atoms with Crippen molar-refractivity contribution in [3.05, 3.63) is 35.4 Å². The van der Waals surface area contributed by atoms with E-state index in [1.165, 1.54) is 50.9 Å². The number of likely N-dealkylation sites (tertiary alicyclic amines) is 1. The zero-order chi connectivity index (χ0) is 13.1. The maximum Gasteiger partial charge on any atom is 0.0238 e. The first kappa shape index (κ1) is 13.1. The Hall–Kier alpha value is -0.860. The minimum atomic E-state index is 0.648. The minimum absolute atomic E-state index is 0.648. The second kappa shape index (κ2) is 6.06. The fourth-order valence-corrected chi connectivity index (χ4v) is 3.68. The van der Waals surface area contributed by atoms with Gasteiger partial charge in [-0.2, -0.15) is 0 Å². The predicted octanol–water partition coefficient (Wildman–Crippen LogP) is 2.82. The zero-order valence-electron chi connectivity index (χ0n) is 12.1. The summed E-state index contributed by atoms with van der Waals surface area (Å²) >= 11 is 0. The smallest absolute Gasteiger partial charge is 0.0238 e. The summed E-state index contributed by atoms with van der Waals surface area (Å²) < 4.78 is 0. The zero-order valence-corrected chi connectivity index (χ0v) is 12.1. The van der Waals surface area contributed by atoms with Gasteiger partial charge in [-0.3, -0.25) is 0 Å². The van der Waals surface area contributed by atoms with E-state index in [9.17, 15) is 0 Å². The third-order valence-corrected chi connectivity index (χ3v) is 4.71. The lowest BCUT2D eigenvalue weighted by molar-refractivity contribution is 0.271. The molecule has 2 nitrogen and oxygen atoms in total. The molecule has 0 radical (unpaired) electrons. The van der Waals surface area contributed by atoms with Crippen LogP contribution in [0.3, 0.4) is 0 Å². The van der Waals surface area contributed by atoms with E-state index in [0.717, 1.165) is 12.5 Å². The maximum atomic E-state index is 3.71. The first-order chi connectivity index (χ1) is 9.35. The Balaban J connectivity index is 1.53. The second-order valence-electron chi connectivity index (χ2n) is 6.25.